The number of carbonyl (C=O) groups excluding carboxylic acids is 2. The first-order valence-electron chi connectivity index (χ1n) is 14.6. The summed E-state index contributed by atoms with van der Waals surface area (Å²) in [6, 6.07) is 34.2. The molecule has 0 unspecified atom stereocenters. The van der Waals surface area contributed by atoms with Crippen LogP contribution < -0.4 is 9.47 Å². The van der Waals surface area contributed by atoms with Gasteiger partial charge >= 0.3 is 5.97 Å². The highest BCUT2D eigenvalue weighted by Gasteiger charge is 2.67. The number of ether oxygens (including phenoxy) is 3. The molecule has 0 radical (unpaired) electrons. The van der Waals surface area contributed by atoms with Crippen molar-refractivity contribution in [1.29, 1.82) is 5.26 Å². The van der Waals surface area contributed by atoms with E-state index in [0.717, 1.165) is 0 Å². The number of carbonyl (C=O) groups is 2. The molecule has 0 bridgehead atoms. The molecule has 1 saturated carbocycles. The van der Waals surface area contributed by atoms with Crippen LogP contribution in [0.25, 0.3) is 0 Å². The fraction of sp³-hybridized carbons (Fsp3) is 0.270. The zero-order chi connectivity index (χ0) is 31.3. The molecule has 0 spiro atoms. The van der Waals surface area contributed by atoms with Crippen LogP contribution in [-0.4, -0.2) is 37.7 Å². The lowest BCUT2D eigenvalue weighted by atomic mass is 9.47. The fourth-order valence-corrected chi connectivity index (χ4v) is 6.77. The number of Topliss-reactive ketones (excluding diaryl/α,β-unsaturated/α-hetero) is 1. The van der Waals surface area contributed by atoms with Crippen LogP contribution in [0.3, 0.4) is 0 Å². The summed E-state index contributed by atoms with van der Waals surface area (Å²) in [4.78, 5) is 29.2. The van der Waals surface area contributed by atoms with Crippen molar-refractivity contribution >= 4 is 11.8 Å². The molecule has 44 heavy (non-hydrogen) atoms. The first-order valence-corrected chi connectivity index (χ1v) is 14.6. The summed E-state index contributed by atoms with van der Waals surface area (Å²) in [6.07, 6.45) is -0.111. The summed E-state index contributed by atoms with van der Waals surface area (Å²) in [5.74, 6) is -3.45. The SMILES string of the molecule is CCOC(=O)[C@@]1(C#N)[C@H](c2cccc(OC)c2)[C@H](C(=O)c2ccccc2)[C@@](O)(c2ccccc2)C[C@H]1c1cccc(OC)c1. The quantitative estimate of drug-likeness (QED) is 0.177. The van der Waals surface area contributed by atoms with E-state index in [1.807, 2.05) is 12.1 Å². The second-order valence-electron chi connectivity index (χ2n) is 11.0. The molecule has 7 heteroatoms. The van der Waals surface area contributed by atoms with Crippen LogP contribution in [-0.2, 0) is 15.1 Å². The number of benzene rings is 4. The lowest BCUT2D eigenvalue weighted by Crippen LogP contribution is -2.59. The Morgan fingerprint density at radius 3 is 1.98 bits per heavy atom. The topological polar surface area (TPSA) is 106 Å². The standard InChI is InChI=1S/C37H35NO6/c1-4-44-35(40)36(24-38)31(26-15-11-19-29(21-26)42-2)23-37(41,28-17-9-6-10-18-28)33(34(39)25-13-7-5-8-14-25)32(36)27-16-12-20-30(22-27)43-3/h5-22,31-33,41H,4,23H2,1-3H3/t31-,32+,33+,36+,37-/m0/s1. The molecule has 1 N–H and O–H groups in total. The Morgan fingerprint density at radius 1 is 0.841 bits per heavy atom. The van der Waals surface area contributed by atoms with Crippen molar-refractivity contribution in [3.63, 3.8) is 0 Å². The molecular weight excluding hydrogens is 554 g/mol. The maximum atomic E-state index is 14.8. The van der Waals surface area contributed by atoms with Crippen LogP contribution in [0, 0.1) is 22.7 Å². The van der Waals surface area contributed by atoms with Gasteiger partial charge in [0.25, 0.3) is 0 Å². The molecule has 0 aromatic heterocycles. The highest BCUT2D eigenvalue weighted by molar-refractivity contribution is 6.00. The number of hydrogen-bond donors (Lipinski definition) is 1. The van der Waals surface area contributed by atoms with Gasteiger partial charge in [-0.25, -0.2) is 0 Å². The van der Waals surface area contributed by atoms with Crippen LogP contribution >= 0.6 is 0 Å². The predicted molar refractivity (Wildman–Crippen MR) is 165 cm³/mol. The van der Waals surface area contributed by atoms with E-state index in [4.69, 9.17) is 14.2 Å². The molecule has 224 valence electrons. The van der Waals surface area contributed by atoms with Crippen molar-refractivity contribution in [2.24, 2.45) is 11.3 Å². The lowest BCUT2D eigenvalue weighted by molar-refractivity contribution is -0.164. The fourth-order valence-electron chi connectivity index (χ4n) is 6.77. The molecule has 0 saturated heterocycles. The molecule has 1 fully saturated rings. The molecule has 1 aliphatic rings. The molecule has 4 aromatic carbocycles. The molecule has 5 rings (SSSR count). The van der Waals surface area contributed by atoms with E-state index in [-0.39, 0.29) is 13.0 Å². The Kier molecular flexibility index (Phi) is 8.84. The third-order valence-corrected chi connectivity index (χ3v) is 8.77. The van der Waals surface area contributed by atoms with E-state index in [1.54, 1.807) is 104 Å². The van der Waals surface area contributed by atoms with Crippen LogP contribution in [0.4, 0.5) is 0 Å². The number of nitriles is 1. The van der Waals surface area contributed by atoms with E-state index in [0.29, 0.717) is 33.8 Å². The zero-order valence-electron chi connectivity index (χ0n) is 25.0. The van der Waals surface area contributed by atoms with Gasteiger partial charge < -0.3 is 19.3 Å². The molecular formula is C37H35NO6. The van der Waals surface area contributed by atoms with Crippen molar-refractivity contribution in [3.05, 3.63) is 131 Å². The summed E-state index contributed by atoms with van der Waals surface area (Å²) >= 11 is 0. The second-order valence-corrected chi connectivity index (χ2v) is 11.0. The molecule has 7 nitrogen and oxygen atoms in total. The molecule has 5 atom stereocenters. The third-order valence-electron chi connectivity index (χ3n) is 8.77. The van der Waals surface area contributed by atoms with Gasteiger partial charge in [-0.2, -0.15) is 5.26 Å². The largest absolute Gasteiger partial charge is 0.497 e. The smallest absolute Gasteiger partial charge is 0.327 e. The Labute approximate surface area is 257 Å². The molecule has 0 amide bonds. The minimum atomic E-state index is -1.93. The van der Waals surface area contributed by atoms with Crippen LogP contribution in [0.1, 0.15) is 52.2 Å². The van der Waals surface area contributed by atoms with Crippen molar-refractivity contribution in [2.75, 3.05) is 20.8 Å². The van der Waals surface area contributed by atoms with Crippen LogP contribution in [0.15, 0.2) is 109 Å². The highest BCUT2D eigenvalue weighted by Crippen LogP contribution is 2.64. The summed E-state index contributed by atoms with van der Waals surface area (Å²) in [5, 5.41) is 24.3. The summed E-state index contributed by atoms with van der Waals surface area (Å²) in [6.45, 7) is 1.71. The third kappa shape index (κ3) is 5.23. The highest BCUT2D eigenvalue weighted by atomic mass is 16.5. The normalized spacial score (nSPS) is 24.5. The predicted octanol–water partition coefficient (Wildman–Crippen LogP) is 6.43. The van der Waals surface area contributed by atoms with Crippen LogP contribution in [0.5, 0.6) is 11.5 Å². The van der Waals surface area contributed by atoms with Crippen molar-refractivity contribution < 1.29 is 28.9 Å². The first-order chi connectivity index (χ1) is 21.3. The van der Waals surface area contributed by atoms with E-state index in [9.17, 15) is 20.0 Å². The van der Waals surface area contributed by atoms with Crippen molar-refractivity contribution in [1.82, 2.24) is 0 Å². The lowest BCUT2D eigenvalue weighted by Gasteiger charge is -2.54. The van der Waals surface area contributed by atoms with Gasteiger partial charge in [-0.1, -0.05) is 84.9 Å². The molecule has 4 aromatic rings. The Morgan fingerprint density at radius 2 is 1.41 bits per heavy atom. The average Bonchev–Trinajstić information content (AvgIpc) is 3.08. The van der Waals surface area contributed by atoms with E-state index >= 15 is 0 Å². The summed E-state index contributed by atoms with van der Waals surface area (Å²) < 4.78 is 16.8. The van der Waals surface area contributed by atoms with Gasteiger partial charge in [-0.15, -0.1) is 0 Å². The van der Waals surface area contributed by atoms with Gasteiger partial charge in [0.15, 0.2) is 11.2 Å². The number of rotatable bonds is 9. The summed E-state index contributed by atoms with van der Waals surface area (Å²) in [5.41, 5.74) is -1.77. The Hall–Kier alpha value is -4.93. The van der Waals surface area contributed by atoms with Gasteiger partial charge in [-0.3, -0.25) is 9.59 Å². The minimum Gasteiger partial charge on any atom is -0.497 e. The monoisotopic (exact) mass is 589 g/mol. The number of methoxy groups -OCH3 is 2. The van der Waals surface area contributed by atoms with E-state index in [1.165, 1.54) is 14.2 Å². The number of nitrogens with zero attached hydrogens (tertiary/aromatic N) is 1. The second kappa shape index (κ2) is 12.7. The van der Waals surface area contributed by atoms with Gasteiger partial charge in [0.05, 0.1) is 32.8 Å². The van der Waals surface area contributed by atoms with Crippen LogP contribution in [0.2, 0.25) is 0 Å². The van der Waals surface area contributed by atoms with Gasteiger partial charge in [-0.05, 0) is 54.3 Å². The number of esters is 1. The van der Waals surface area contributed by atoms with Crippen molar-refractivity contribution in [3.8, 4) is 17.6 Å². The zero-order valence-corrected chi connectivity index (χ0v) is 25.0. The van der Waals surface area contributed by atoms with Gasteiger partial charge in [0, 0.05) is 17.4 Å². The molecule has 0 heterocycles. The van der Waals surface area contributed by atoms with E-state index < -0.39 is 40.5 Å². The Balaban J connectivity index is 1.91. The maximum Gasteiger partial charge on any atom is 0.327 e. The number of ketones is 1. The van der Waals surface area contributed by atoms with Crippen molar-refractivity contribution in [2.45, 2.75) is 30.8 Å². The van der Waals surface area contributed by atoms with E-state index in [2.05, 4.69) is 6.07 Å². The average molecular weight is 590 g/mol. The number of hydrogen-bond acceptors (Lipinski definition) is 7. The first kappa shape index (κ1) is 30.5. The maximum absolute atomic E-state index is 14.8. The number of aliphatic hydroxyl groups is 1. The Bertz CT molecular complexity index is 1670. The molecule has 1 aliphatic carbocycles. The van der Waals surface area contributed by atoms with Gasteiger partial charge in [0.2, 0.25) is 0 Å². The van der Waals surface area contributed by atoms with Gasteiger partial charge in [0.1, 0.15) is 17.1 Å². The minimum absolute atomic E-state index is 0.0260. The molecule has 0 aliphatic heterocycles. The summed E-state index contributed by atoms with van der Waals surface area (Å²) in [7, 11) is 3.06.